The van der Waals surface area contributed by atoms with E-state index in [1.54, 1.807) is 13.3 Å². The second-order valence-electron chi connectivity index (χ2n) is 7.81. The zero-order chi connectivity index (χ0) is 21.9. The summed E-state index contributed by atoms with van der Waals surface area (Å²) in [5.41, 5.74) is 5.89. The van der Waals surface area contributed by atoms with Crippen molar-refractivity contribution in [3.8, 4) is 5.75 Å². The van der Waals surface area contributed by atoms with Crippen LogP contribution in [-0.4, -0.2) is 34.5 Å². The van der Waals surface area contributed by atoms with Crippen LogP contribution in [0.4, 0.5) is 11.6 Å². The van der Waals surface area contributed by atoms with Crippen LogP contribution >= 0.6 is 0 Å². The van der Waals surface area contributed by atoms with Crippen LogP contribution in [0.5, 0.6) is 5.75 Å². The van der Waals surface area contributed by atoms with Crippen LogP contribution in [0.15, 0.2) is 54.7 Å². The van der Waals surface area contributed by atoms with Crippen LogP contribution in [0.25, 0.3) is 22.7 Å². The van der Waals surface area contributed by atoms with Gasteiger partial charge in [0.15, 0.2) is 0 Å². The number of aromatic amines is 2. The Morgan fingerprint density at radius 2 is 1.97 bits per heavy atom. The van der Waals surface area contributed by atoms with E-state index in [2.05, 4.69) is 44.9 Å². The van der Waals surface area contributed by atoms with Gasteiger partial charge in [0.25, 0.3) is 5.91 Å². The van der Waals surface area contributed by atoms with E-state index in [0.29, 0.717) is 17.3 Å². The predicted octanol–water partition coefficient (Wildman–Crippen LogP) is 4.83. The lowest BCUT2D eigenvalue weighted by Gasteiger charge is -2.03. The highest BCUT2D eigenvalue weighted by atomic mass is 16.5. The number of carbonyl (C=O) groups excluding carboxylic acids is 1. The van der Waals surface area contributed by atoms with Gasteiger partial charge in [-0.25, -0.2) is 4.98 Å². The van der Waals surface area contributed by atoms with E-state index in [9.17, 15) is 4.79 Å². The molecule has 2 aromatic carbocycles. The molecule has 4 N–H and O–H groups in total. The van der Waals surface area contributed by atoms with Crippen molar-refractivity contribution in [3.05, 3.63) is 71.5 Å². The molecule has 32 heavy (non-hydrogen) atoms. The van der Waals surface area contributed by atoms with Crippen LogP contribution in [0, 0.1) is 0 Å². The average molecular weight is 428 g/mol. The molecule has 0 spiro atoms. The van der Waals surface area contributed by atoms with E-state index in [0.717, 1.165) is 53.8 Å². The van der Waals surface area contributed by atoms with Gasteiger partial charge in [-0.1, -0.05) is 30.3 Å². The maximum absolute atomic E-state index is 12.7. The maximum Gasteiger partial charge on any atom is 0.256 e. The number of carbonyl (C=O) groups is 1. The second kappa shape index (κ2) is 8.63. The summed E-state index contributed by atoms with van der Waals surface area (Å²) in [5.74, 6) is 1.25. The van der Waals surface area contributed by atoms with Crippen molar-refractivity contribution < 1.29 is 9.53 Å². The Labute approximate surface area is 185 Å². The summed E-state index contributed by atoms with van der Waals surface area (Å²) < 4.78 is 5.36. The molecule has 5 rings (SSSR count). The molecule has 3 heterocycles. The van der Waals surface area contributed by atoms with E-state index in [1.165, 1.54) is 5.56 Å². The number of aryl methyl sites for hydroxylation is 1. The number of nitrogens with one attached hydrogen (secondary N) is 4. The molecule has 0 saturated carbocycles. The molecule has 0 aliphatic carbocycles. The minimum absolute atomic E-state index is 0.150. The van der Waals surface area contributed by atoms with Gasteiger partial charge in [-0.05, 0) is 49.1 Å². The van der Waals surface area contributed by atoms with Gasteiger partial charge in [0.1, 0.15) is 11.3 Å². The summed E-state index contributed by atoms with van der Waals surface area (Å²) >= 11 is 0. The summed E-state index contributed by atoms with van der Waals surface area (Å²) in [4.78, 5) is 23.9. The van der Waals surface area contributed by atoms with Gasteiger partial charge in [0.2, 0.25) is 5.95 Å². The highest BCUT2D eigenvalue weighted by Crippen LogP contribution is 2.39. The van der Waals surface area contributed by atoms with Crippen molar-refractivity contribution in [1.82, 2.24) is 15.0 Å². The number of amides is 1. The van der Waals surface area contributed by atoms with Gasteiger partial charge in [-0.3, -0.25) is 4.79 Å². The third-order valence-electron chi connectivity index (χ3n) is 5.69. The Bertz CT molecular complexity index is 1290. The lowest BCUT2D eigenvalue weighted by atomic mass is 10.0. The highest BCUT2D eigenvalue weighted by Gasteiger charge is 2.28. The topological polar surface area (TPSA) is 94.8 Å². The molecular weight excluding hydrogens is 402 g/mol. The van der Waals surface area contributed by atoms with Gasteiger partial charge in [-0.15, -0.1) is 0 Å². The number of nitrogens with zero attached hydrogens (tertiary/aromatic N) is 1. The van der Waals surface area contributed by atoms with E-state index in [-0.39, 0.29) is 5.91 Å². The van der Waals surface area contributed by atoms with E-state index >= 15 is 0 Å². The smallest absolute Gasteiger partial charge is 0.256 e. The first-order chi connectivity index (χ1) is 15.7. The van der Waals surface area contributed by atoms with Gasteiger partial charge >= 0.3 is 0 Å². The van der Waals surface area contributed by atoms with Crippen molar-refractivity contribution in [2.24, 2.45) is 0 Å². The van der Waals surface area contributed by atoms with Crippen LogP contribution < -0.4 is 15.4 Å². The number of fused-ring (bicyclic) bond motifs is 3. The summed E-state index contributed by atoms with van der Waals surface area (Å²) in [6.07, 6.45) is 6.82. The second-order valence-corrected chi connectivity index (χ2v) is 7.81. The maximum atomic E-state index is 12.7. The van der Waals surface area contributed by atoms with Crippen molar-refractivity contribution >= 4 is 40.2 Å². The first kappa shape index (κ1) is 19.9. The summed E-state index contributed by atoms with van der Waals surface area (Å²) in [6.45, 7) is 0.828. The molecule has 0 saturated heterocycles. The number of unbranched alkanes of at least 4 members (excludes halogenated alkanes) is 1. The Balaban J connectivity index is 1.33. The lowest BCUT2D eigenvalue weighted by Crippen LogP contribution is -2.04. The number of rotatable bonds is 8. The number of hydrogen-bond donors (Lipinski definition) is 4. The average Bonchev–Trinajstić information content (AvgIpc) is 3.51. The molecule has 0 fully saturated rings. The third kappa shape index (κ3) is 3.85. The van der Waals surface area contributed by atoms with Crippen molar-refractivity contribution in [2.45, 2.75) is 19.3 Å². The molecular formula is C25H25N5O2. The number of anilines is 2. The minimum atomic E-state index is -0.150. The minimum Gasteiger partial charge on any atom is -0.495 e. The molecule has 7 nitrogen and oxygen atoms in total. The summed E-state index contributed by atoms with van der Waals surface area (Å²) in [6, 6.07) is 16.2. The molecule has 0 unspecified atom stereocenters. The summed E-state index contributed by atoms with van der Waals surface area (Å²) in [7, 11) is 1.61. The molecule has 1 aliphatic heterocycles. The third-order valence-corrected chi connectivity index (χ3v) is 5.69. The number of methoxy groups -OCH3 is 1. The molecule has 1 aliphatic rings. The zero-order valence-electron chi connectivity index (χ0n) is 17.9. The Kier molecular flexibility index (Phi) is 5.37. The molecule has 0 radical (unpaired) electrons. The van der Waals surface area contributed by atoms with E-state index in [4.69, 9.17) is 9.72 Å². The first-order valence-electron chi connectivity index (χ1n) is 10.8. The molecule has 1 amide bonds. The molecule has 4 aromatic rings. The van der Waals surface area contributed by atoms with Crippen LogP contribution in [0.1, 0.15) is 29.7 Å². The normalized spacial score (nSPS) is 14.0. The van der Waals surface area contributed by atoms with Crippen LogP contribution in [0.3, 0.4) is 0 Å². The van der Waals surface area contributed by atoms with Crippen LogP contribution in [0.2, 0.25) is 0 Å². The predicted molar refractivity (Wildman–Crippen MR) is 128 cm³/mol. The monoisotopic (exact) mass is 427 g/mol. The van der Waals surface area contributed by atoms with E-state index < -0.39 is 0 Å². The van der Waals surface area contributed by atoms with Crippen molar-refractivity contribution in [3.63, 3.8) is 0 Å². The highest BCUT2D eigenvalue weighted by molar-refractivity contribution is 6.37. The quantitative estimate of drug-likeness (QED) is 0.239. The number of ether oxygens (including phenoxy) is 1. The molecule has 7 heteroatoms. The van der Waals surface area contributed by atoms with Crippen molar-refractivity contribution in [2.75, 3.05) is 24.3 Å². The Morgan fingerprint density at radius 1 is 1.09 bits per heavy atom. The van der Waals surface area contributed by atoms with E-state index in [1.807, 2.05) is 30.3 Å². The number of benzene rings is 2. The van der Waals surface area contributed by atoms with Gasteiger partial charge < -0.3 is 25.3 Å². The fourth-order valence-electron chi connectivity index (χ4n) is 4.09. The van der Waals surface area contributed by atoms with Gasteiger partial charge in [0.05, 0.1) is 29.6 Å². The van der Waals surface area contributed by atoms with Gasteiger partial charge in [-0.2, -0.15) is 0 Å². The lowest BCUT2D eigenvalue weighted by molar-refractivity contribution is -0.110. The largest absolute Gasteiger partial charge is 0.495 e. The number of aromatic nitrogens is 3. The molecule has 162 valence electrons. The first-order valence-corrected chi connectivity index (χ1v) is 10.8. The fraction of sp³-hybridized carbons (Fsp3) is 0.200. The number of H-pyrrole nitrogens is 2. The summed E-state index contributed by atoms with van der Waals surface area (Å²) in [5, 5.41) is 6.32. The molecule has 0 bridgehead atoms. The standard InChI is InChI=1S/C25H25N5O2/c1-32-21-12-14-26-20(21)15-17-22-18(28-24(17)31)10-11-19-23(22)30-25(29-19)27-13-6-5-9-16-7-3-2-4-8-16/h2-4,7-8,10-12,14-15,26H,5-6,9,13H2,1H3,(H,28,31)(H2,27,29,30)/b17-15+. The zero-order valence-corrected chi connectivity index (χ0v) is 17.9. The molecule has 2 aromatic heterocycles. The number of hydrogen-bond acceptors (Lipinski definition) is 4. The van der Waals surface area contributed by atoms with Crippen LogP contribution in [-0.2, 0) is 11.2 Å². The Hall–Kier alpha value is -4.00. The molecule has 0 atom stereocenters. The Morgan fingerprint density at radius 3 is 2.81 bits per heavy atom. The SMILES string of the molecule is COc1cc[nH]c1/C=C1/C(=O)Nc2ccc3[nH]c(NCCCCc4ccccc4)nc3c21. The van der Waals surface area contributed by atoms with Gasteiger partial charge in [0, 0.05) is 18.3 Å². The fourth-order valence-corrected chi connectivity index (χ4v) is 4.09. The van der Waals surface area contributed by atoms with Crippen molar-refractivity contribution in [1.29, 1.82) is 0 Å². The number of imidazole rings is 1.